The molecule has 7 heteroatoms. The molecule has 0 bridgehead atoms. The summed E-state index contributed by atoms with van der Waals surface area (Å²) < 4.78 is 5.27. The second-order valence-corrected chi connectivity index (χ2v) is 10.4. The lowest BCUT2D eigenvalue weighted by molar-refractivity contribution is -0.120. The molecule has 174 valence electrons. The lowest BCUT2D eigenvalue weighted by atomic mass is 9.78. The Morgan fingerprint density at radius 3 is 2.61 bits per heavy atom. The van der Waals surface area contributed by atoms with E-state index in [0.717, 1.165) is 68.7 Å². The lowest BCUT2D eigenvalue weighted by Crippen LogP contribution is -2.53. The Hall–Kier alpha value is -1.73. The van der Waals surface area contributed by atoms with Crippen molar-refractivity contribution in [3.8, 4) is 0 Å². The largest absolute Gasteiger partial charge is 0.384 e. The van der Waals surface area contributed by atoms with E-state index >= 15 is 0 Å². The number of hydrogen-bond acceptors (Lipinski definition) is 6. The van der Waals surface area contributed by atoms with Gasteiger partial charge in [-0.2, -0.15) is 0 Å². The van der Waals surface area contributed by atoms with Gasteiger partial charge in [0.25, 0.3) is 0 Å². The van der Waals surface area contributed by atoms with Gasteiger partial charge in [0.05, 0.1) is 6.61 Å². The molecule has 1 atom stereocenters. The summed E-state index contributed by atoms with van der Waals surface area (Å²) in [6, 6.07) is 3.04. The molecular weight excluding hydrogens is 390 g/mol. The highest BCUT2D eigenvalue weighted by molar-refractivity contribution is 5.73. The lowest BCUT2D eigenvalue weighted by Gasteiger charge is -2.42. The Kier molecular flexibility index (Phi) is 7.92. The summed E-state index contributed by atoms with van der Waals surface area (Å²) in [5.74, 6) is 2.80. The molecule has 7 nitrogen and oxygen atoms in total. The smallest absolute Gasteiger partial charge is 0.217 e. The van der Waals surface area contributed by atoms with E-state index in [2.05, 4.69) is 48.9 Å². The van der Waals surface area contributed by atoms with E-state index in [1.54, 1.807) is 14.0 Å². The van der Waals surface area contributed by atoms with Crippen LogP contribution in [0, 0.1) is 5.92 Å². The van der Waals surface area contributed by atoms with E-state index in [1.165, 1.54) is 6.42 Å². The van der Waals surface area contributed by atoms with Gasteiger partial charge in [-0.3, -0.25) is 9.69 Å². The van der Waals surface area contributed by atoms with Crippen molar-refractivity contribution < 1.29 is 9.53 Å². The number of rotatable bonds is 8. The number of carbonyl (C=O) groups excluding carboxylic acids is 1. The van der Waals surface area contributed by atoms with Gasteiger partial charge in [0.15, 0.2) is 0 Å². The molecule has 1 aromatic rings. The predicted molar refractivity (Wildman–Crippen MR) is 125 cm³/mol. The summed E-state index contributed by atoms with van der Waals surface area (Å²) in [5, 5.41) is 3.03. The Balaban J connectivity index is 1.55. The number of carbonyl (C=O) groups is 1. The van der Waals surface area contributed by atoms with Crippen LogP contribution in [-0.2, 0) is 21.4 Å². The first-order chi connectivity index (χ1) is 14.7. The van der Waals surface area contributed by atoms with Gasteiger partial charge in [-0.15, -0.1) is 0 Å². The molecule has 0 radical (unpaired) electrons. The number of aromatic nitrogens is 2. The van der Waals surface area contributed by atoms with Crippen molar-refractivity contribution in [1.82, 2.24) is 20.2 Å². The summed E-state index contributed by atoms with van der Waals surface area (Å²) in [6.07, 6.45) is 4.30. The number of hydrogen-bond donors (Lipinski definition) is 1. The highest BCUT2D eigenvalue weighted by Crippen LogP contribution is 2.31. The molecule has 2 heterocycles. The van der Waals surface area contributed by atoms with Gasteiger partial charge < -0.3 is 15.0 Å². The van der Waals surface area contributed by atoms with Crippen LogP contribution in [0.5, 0.6) is 0 Å². The number of anilines is 1. The Morgan fingerprint density at radius 1 is 1.26 bits per heavy atom. The molecule has 2 aliphatic rings. The molecule has 1 aliphatic carbocycles. The zero-order chi connectivity index (χ0) is 22.6. The van der Waals surface area contributed by atoms with Crippen LogP contribution < -0.4 is 10.2 Å². The molecule has 1 N–H and O–H groups in total. The normalized spacial score (nSPS) is 24.7. The van der Waals surface area contributed by atoms with Gasteiger partial charge in [0.2, 0.25) is 5.91 Å². The predicted octanol–water partition coefficient (Wildman–Crippen LogP) is 2.78. The minimum Gasteiger partial charge on any atom is -0.384 e. The molecule has 1 unspecified atom stereocenters. The van der Waals surface area contributed by atoms with Gasteiger partial charge in [-0.05, 0) is 38.6 Å². The minimum absolute atomic E-state index is 0.0802. The second kappa shape index (κ2) is 10.3. The average molecular weight is 432 g/mol. The molecular formula is C24H41N5O2. The SMILES string of the molecule is COCCc1cc(N2CCN(CCC3CC(NC(C)=O)C3)C(C)C2)nc(C(C)(C)C)n1. The van der Waals surface area contributed by atoms with Gasteiger partial charge in [0.1, 0.15) is 11.6 Å². The van der Waals surface area contributed by atoms with E-state index in [1.807, 2.05) is 0 Å². The van der Waals surface area contributed by atoms with Crippen LogP contribution in [-0.4, -0.2) is 72.8 Å². The third-order valence-corrected chi connectivity index (χ3v) is 6.56. The van der Waals surface area contributed by atoms with Crippen LogP contribution in [0.3, 0.4) is 0 Å². The van der Waals surface area contributed by atoms with Crippen molar-refractivity contribution in [2.24, 2.45) is 5.92 Å². The Labute approximate surface area is 188 Å². The molecule has 1 aliphatic heterocycles. The highest BCUT2D eigenvalue weighted by atomic mass is 16.5. The number of amides is 1. The van der Waals surface area contributed by atoms with Crippen molar-refractivity contribution in [2.75, 3.05) is 44.8 Å². The maximum atomic E-state index is 11.2. The average Bonchev–Trinajstić information content (AvgIpc) is 2.67. The van der Waals surface area contributed by atoms with Crippen LogP contribution >= 0.6 is 0 Å². The quantitative estimate of drug-likeness (QED) is 0.683. The van der Waals surface area contributed by atoms with Crippen LogP contribution in [0.15, 0.2) is 6.07 Å². The number of methoxy groups -OCH3 is 1. The number of ether oxygens (including phenoxy) is 1. The van der Waals surface area contributed by atoms with Crippen LogP contribution in [0.1, 0.15) is 65.4 Å². The summed E-state index contributed by atoms with van der Waals surface area (Å²) in [6.45, 7) is 15.3. The standard InChI is InChI=1S/C24H41N5O2/c1-17-16-29(11-10-28(17)9-7-19-13-21(14-19)25-18(2)30)22-15-20(8-12-31-6)26-23(27-22)24(3,4)5/h15,17,19,21H,7-14,16H2,1-6H3,(H,25,30). The van der Waals surface area contributed by atoms with Gasteiger partial charge in [-0.1, -0.05) is 20.8 Å². The highest BCUT2D eigenvalue weighted by Gasteiger charge is 2.31. The fourth-order valence-corrected chi connectivity index (χ4v) is 4.58. The van der Waals surface area contributed by atoms with Crippen molar-refractivity contribution >= 4 is 11.7 Å². The zero-order valence-corrected chi connectivity index (χ0v) is 20.3. The fraction of sp³-hybridized carbons (Fsp3) is 0.792. The van der Waals surface area contributed by atoms with Crippen molar-refractivity contribution in [2.45, 2.75) is 77.8 Å². The molecule has 31 heavy (non-hydrogen) atoms. The Morgan fingerprint density at radius 2 is 2.00 bits per heavy atom. The fourth-order valence-electron chi connectivity index (χ4n) is 4.58. The molecule has 2 fully saturated rings. The molecule has 0 spiro atoms. The third-order valence-electron chi connectivity index (χ3n) is 6.56. The number of piperazine rings is 1. The molecule has 1 amide bonds. The monoisotopic (exact) mass is 431 g/mol. The van der Waals surface area contributed by atoms with Gasteiger partial charge in [-0.25, -0.2) is 9.97 Å². The van der Waals surface area contributed by atoms with E-state index in [0.29, 0.717) is 18.7 Å². The maximum absolute atomic E-state index is 11.2. The van der Waals surface area contributed by atoms with E-state index < -0.39 is 0 Å². The first kappa shape index (κ1) is 23.9. The maximum Gasteiger partial charge on any atom is 0.217 e. The van der Waals surface area contributed by atoms with Gasteiger partial charge >= 0.3 is 0 Å². The Bertz CT molecular complexity index is 742. The van der Waals surface area contributed by atoms with Crippen LogP contribution in [0.4, 0.5) is 5.82 Å². The summed E-state index contributed by atoms with van der Waals surface area (Å²) in [5.41, 5.74) is 0.980. The zero-order valence-electron chi connectivity index (χ0n) is 20.3. The van der Waals surface area contributed by atoms with E-state index in [9.17, 15) is 4.79 Å². The number of nitrogens with one attached hydrogen (secondary N) is 1. The van der Waals surface area contributed by atoms with Crippen LogP contribution in [0.2, 0.25) is 0 Å². The molecule has 1 saturated carbocycles. The molecule has 1 aromatic heterocycles. The van der Waals surface area contributed by atoms with Crippen molar-refractivity contribution in [3.05, 3.63) is 17.6 Å². The third kappa shape index (κ3) is 6.62. The topological polar surface area (TPSA) is 70.6 Å². The number of nitrogens with zero attached hydrogens (tertiary/aromatic N) is 4. The van der Waals surface area contributed by atoms with E-state index in [4.69, 9.17) is 14.7 Å². The summed E-state index contributed by atoms with van der Waals surface area (Å²) in [7, 11) is 1.73. The summed E-state index contributed by atoms with van der Waals surface area (Å²) >= 11 is 0. The van der Waals surface area contributed by atoms with Crippen molar-refractivity contribution in [3.63, 3.8) is 0 Å². The van der Waals surface area contributed by atoms with Crippen molar-refractivity contribution in [1.29, 1.82) is 0 Å². The molecule has 0 aromatic carbocycles. The first-order valence-corrected chi connectivity index (χ1v) is 11.8. The first-order valence-electron chi connectivity index (χ1n) is 11.8. The van der Waals surface area contributed by atoms with Gasteiger partial charge in [0, 0.05) is 69.3 Å². The van der Waals surface area contributed by atoms with Crippen LogP contribution in [0.25, 0.3) is 0 Å². The summed E-state index contributed by atoms with van der Waals surface area (Å²) in [4.78, 5) is 25.9. The second-order valence-electron chi connectivity index (χ2n) is 10.4. The molecule has 3 rings (SSSR count). The minimum atomic E-state index is -0.0802. The van der Waals surface area contributed by atoms with E-state index in [-0.39, 0.29) is 11.3 Å². The molecule has 1 saturated heterocycles.